The lowest BCUT2D eigenvalue weighted by atomic mass is 9.44. The molecule has 2 nitrogen and oxygen atoms in total. The third-order valence-electron chi connectivity index (χ3n) is 8.54. The molecule has 0 amide bonds. The lowest BCUT2D eigenvalue weighted by Crippen LogP contribution is -2.53. The Morgan fingerprint density at radius 2 is 1.87 bits per heavy atom. The topological polar surface area (TPSA) is 34.1 Å². The van der Waals surface area contributed by atoms with E-state index in [1.807, 2.05) is 6.92 Å². The van der Waals surface area contributed by atoms with E-state index in [1.165, 1.54) is 0 Å². The zero-order valence-electron chi connectivity index (χ0n) is 18.5. The number of fused-ring (bicyclic) bond motifs is 5. The maximum Gasteiger partial charge on any atom is 0.133 e. The van der Waals surface area contributed by atoms with E-state index in [2.05, 4.69) is 6.92 Å². The van der Waals surface area contributed by atoms with Crippen LogP contribution in [0.15, 0.2) is 0 Å². The molecule has 4 fully saturated rings. The molecule has 0 radical (unpaired) electrons. The molecule has 0 aromatic heterocycles. The highest BCUT2D eigenvalue weighted by Crippen LogP contribution is 2.67. The summed E-state index contributed by atoms with van der Waals surface area (Å²) in [5.74, 6) is -0.158. The average molecular weight is 321 g/mol. The van der Waals surface area contributed by atoms with E-state index in [1.54, 1.807) is 0 Å². The smallest absolute Gasteiger partial charge is 0.133 e. The zero-order valence-corrected chi connectivity index (χ0v) is 14.5. The molecule has 23 heavy (non-hydrogen) atoms. The lowest BCUT2D eigenvalue weighted by Gasteiger charge is -2.60. The first kappa shape index (κ1) is 11.8. The molecule has 7 atom stereocenters. The second-order valence-corrected chi connectivity index (χ2v) is 9.20. The molecule has 0 N–H and O–H groups in total. The minimum atomic E-state index is -2.69. The van der Waals surface area contributed by atoms with Crippen molar-refractivity contribution >= 4 is 11.6 Å². The van der Waals surface area contributed by atoms with Gasteiger partial charge in [0.2, 0.25) is 0 Å². The van der Waals surface area contributed by atoms with Crippen molar-refractivity contribution in [3.8, 4) is 0 Å². The Hall–Kier alpha value is -0.660. The van der Waals surface area contributed by atoms with Crippen molar-refractivity contribution < 1.29 is 15.1 Å². The van der Waals surface area contributed by atoms with Crippen LogP contribution in [0, 0.1) is 40.4 Å². The van der Waals surface area contributed by atoms with Crippen molar-refractivity contribution in [3.05, 3.63) is 0 Å². The number of rotatable bonds is 1. The number of hydrogen-bond donors (Lipinski definition) is 0. The summed E-state index contributed by atoms with van der Waals surface area (Å²) < 4.78 is 31.8. The van der Waals surface area contributed by atoms with Gasteiger partial charge in [-0.25, -0.2) is 0 Å². The molecule has 0 aromatic rings. The Labute approximate surface area is 146 Å². The fourth-order valence-electron chi connectivity index (χ4n) is 7.23. The molecule has 128 valence electrons. The van der Waals surface area contributed by atoms with Crippen LogP contribution in [-0.4, -0.2) is 11.6 Å². The van der Waals surface area contributed by atoms with Gasteiger partial charge in [-0.15, -0.1) is 0 Å². The van der Waals surface area contributed by atoms with Crippen molar-refractivity contribution in [3.63, 3.8) is 0 Å². The van der Waals surface area contributed by atoms with E-state index in [0.29, 0.717) is 36.4 Å². The normalized spacial score (nSPS) is 58.8. The maximum absolute atomic E-state index is 12.7. The Kier molecular flexibility index (Phi) is 2.65. The molecule has 4 aliphatic carbocycles. The fraction of sp³-hybridized carbons (Fsp3) is 0.905. The van der Waals surface area contributed by atoms with E-state index in [-0.39, 0.29) is 11.3 Å². The van der Waals surface area contributed by atoms with Gasteiger partial charge >= 0.3 is 0 Å². The Morgan fingerprint density at radius 1 is 1.09 bits per heavy atom. The van der Waals surface area contributed by atoms with E-state index in [9.17, 15) is 9.59 Å². The third kappa shape index (κ3) is 2.12. The Morgan fingerprint density at radius 3 is 2.65 bits per heavy atom. The SMILES string of the molecule is [2H]C([2H])([2H])C(=O)[C@@]1([2H])CC[C@H]2[C@@H]3CCC4CC(=O)CC[C@]4(C)[C@H]3CC[C@@]21C. The van der Waals surface area contributed by atoms with E-state index < -0.39 is 23.9 Å². The van der Waals surface area contributed by atoms with E-state index in [0.717, 1.165) is 44.9 Å². The number of ketones is 2. The fourth-order valence-corrected chi connectivity index (χ4v) is 7.23. The van der Waals surface area contributed by atoms with Crippen LogP contribution in [0.2, 0.25) is 0 Å². The van der Waals surface area contributed by atoms with Gasteiger partial charge in [-0.3, -0.25) is 9.59 Å². The molecule has 1 unspecified atom stereocenters. The molecule has 2 heteroatoms. The van der Waals surface area contributed by atoms with Crippen LogP contribution in [0.1, 0.15) is 84.0 Å². The van der Waals surface area contributed by atoms with Crippen LogP contribution in [0.4, 0.5) is 0 Å². The molecule has 0 bridgehead atoms. The molecular weight excluding hydrogens is 284 g/mol. The molecule has 0 spiro atoms. The first-order valence-electron chi connectivity index (χ1n) is 11.5. The first-order chi connectivity index (χ1) is 12.4. The first-order valence-corrected chi connectivity index (χ1v) is 9.50. The van der Waals surface area contributed by atoms with Crippen molar-refractivity contribution in [1.29, 1.82) is 0 Å². The van der Waals surface area contributed by atoms with Gasteiger partial charge in [-0.1, -0.05) is 13.8 Å². The van der Waals surface area contributed by atoms with Gasteiger partial charge in [0.15, 0.2) is 0 Å². The van der Waals surface area contributed by atoms with Crippen LogP contribution in [0.25, 0.3) is 0 Å². The molecule has 4 aliphatic rings. The lowest BCUT2D eigenvalue weighted by molar-refractivity contribution is -0.143. The monoisotopic (exact) mass is 320 g/mol. The summed E-state index contributed by atoms with van der Waals surface area (Å²) in [5, 5.41) is 0. The highest BCUT2D eigenvalue weighted by Gasteiger charge is 2.60. The summed E-state index contributed by atoms with van der Waals surface area (Å²) in [5.41, 5.74) is -0.340. The van der Waals surface area contributed by atoms with Gasteiger partial charge in [0.1, 0.15) is 11.6 Å². The van der Waals surface area contributed by atoms with Gasteiger partial charge in [-0.05, 0) is 86.3 Å². The second kappa shape index (κ2) is 5.17. The van der Waals surface area contributed by atoms with Gasteiger partial charge in [0, 0.05) is 24.2 Å². The number of carbonyl (C=O) groups is 2. The summed E-state index contributed by atoms with van der Waals surface area (Å²) in [6, 6.07) is 0. The summed E-state index contributed by atoms with van der Waals surface area (Å²) in [6.45, 7) is 1.71. The molecule has 0 heterocycles. The highest BCUT2D eigenvalue weighted by atomic mass is 16.1. The minimum absolute atomic E-state index is 0.194. The summed E-state index contributed by atoms with van der Waals surface area (Å²) in [6.07, 6.45) is 7.43. The van der Waals surface area contributed by atoms with E-state index >= 15 is 0 Å². The largest absolute Gasteiger partial charge is 0.300 e. The summed E-state index contributed by atoms with van der Waals surface area (Å²) in [4.78, 5) is 24.7. The van der Waals surface area contributed by atoms with Crippen LogP contribution in [-0.2, 0) is 9.59 Å². The highest BCUT2D eigenvalue weighted by molar-refractivity contribution is 5.80. The average Bonchev–Trinajstić information content (AvgIpc) is 2.86. The van der Waals surface area contributed by atoms with Crippen molar-refractivity contribution in [2.24, 2.45) is 40.4 Å². The van der Waals surface area contributed by atoms with Crippen LogP contribution in [0.5, 0.6) is 0 Å². The summed E-state index contributed by atoms with van der Waals surface area (Å²) >= 11 is 0. The van der Waals surface area contributed by atoms with E-state index in [4.69, 9.17) is 5.48 Å². The molecule has 0 aromatic carbocycles. The quantitative estimate of drug-likeness (QED) is 0.695. The van der Waals surface area contributed by atoms with Crippen LogP contribution >= 0.6 is 0 Å². The van der Waals surface area contributed by atoms with Gasteiger partial charge in [0.25, 0.3) is 0 Å². The predicted octanol–water partition coefficient (Wildman–Crippen LogP) is 4.80. The van der Waals surface area contributed by atoms with Gasteiger partial charge in [0.05, 0.1) is 0 Å². The third-order valence-corrected chi connectivity index (χ3v) is 8.54. The van der Waals surface area contributed by atoms with Crippen molar-refractivity contribution in [2.75, 3.05) is 0 Å². The zero-order chi connectivity index (χ0) is 19.8. The standard InChI is InChI=1S/C21H32O2/c1-13(22)17-6-7-18-16-5-4-14-12-15(23)8-10-20(14,2)19(16)9-11-21(17,18)3/h14,16-19H,4-12H2,1-3H3/t14?,16-,17+,18-,19-,20-,21+/m0/s1/i1D3,17D. The molecule has 4 rings (SSSR count). The molecule has 4 saturated carbocycles. The Bertz CT molecular complexity index is 674. The van der Waals surface area contributed by atoms with Crippen molar-refractivity contribution in [2.45, 2.75) is 78.5 Å². The van der Waals surface area contributed by atoms with Gasteiger partial charge < -0.3 is 0 Å². The second-order valence-electron chi connectivity index (χ2n) is 9.20. The molecule has 0 aliphatic heterocycles. The molecular formula is C21H32O2. The van der Waals surface area contributed by atoms with Crippen LogP contribution in [0.3, 0.4) is 0 Å². The minimum Gasteiger partial charge on any atom is -0.300 e. The summed E-state index contributed by atoms with van der Waals surface area (Å²) in [7, 11) is 0. The predicted molar refractivity (Wildman–Crippen MR) is 90.9 cm³/mol. The number of carbonyl (C=O) groups excluding carboxylic acids is 2. The molecule has 0 saturated heterocycles. The number of Topliss-reactive ketones (excluding diaryl/α,β-unsaturated/α-hetero) is 2. The van der Waals surface area contributed by atoms with Crippen molar-refractivity contribution in [1.82, 2.24) is 0 Å². The maximum atomic E-state index is 12.7. The Balaban J connectivity index is 1.65. The van der Waals surface area contributed by atoms with Gasteiger partial charge in [-0.2, -0.15) is 0 Å². The number of hydrogen-bond acceptors (Lipinski definition) is 2. The van der Waals surface area contributed by atoms with Crippen LogP contribution < -0.4 is 0 Å².